The number of rotatable bonds is 9. The Labute approximate surface area is 186 Å². The molecule has 0 bridgehead atoms. The second-order valence-corrected chi connectivity index (χ2v) is 8.55. The normalized spacial score (nSPS) is 13.2. The summed E-state index contributed by atoms with van der Waals surface area (Å²) in [5.74, 6) is 0.237. The molecular formula is C19H24N8O4S. The molecule has 32 heavy (non-hydrogen) atoms. The number of anilines is 1. The molecule has 0 aliphatic heterocycles. The second kappa shape index (κ2) is 9.62. The molecule has 3 rings (SSSR count). The highest BCUT2D eigenvalue weighted by Gasteiger charge is 2.34. The highest BCUT2D eigenvalue weighted by atomic mass is 32.2. The number of ether oxygens (including phenoxy) is 2. The van der Waals surface area contributed by atoms with Gasteiger partial charge in [-0.3, -0.25) is 19.7 Å². The Bertz CT molecular complexity index is 1220. The molecule has 0 aliphatic carbocycles. The van der Waals surface area contributed by atoms with Gasteiger partial charge in [0.15, 0.2) is 5.82 Å². The number of hydrogen-bond acceptors (Lipinski definition) is 9. The van der Waals surface area contributed by atoms with Gasteiger partial charge in [-0.1, -0.05) is 6.07 Å². The van der Waals surface area contributed by atoms with E-state index in [9.17, 15) is 8.42 Å². The Morgan fingerprint density at radius 1 is 1.28 bits per heavy atom. The van der Waals surface area contributed by atoms with Crippen LogP contribution in [0.3, 0.4) is 0 Å². The van der Waals surface area contributed by atoms with E-state index in [0.717, 1.165) is 0 Å². The van der Waals surface area contributed by atoms with Crippen LogP contribution in [0.5, 0.6) is 5.88 Å². The Morgan fingerprint density at radius 3 is 2.69 bits per heavy atom. The van der Waals surface area contributed by atoms with Crippen LogP contribution < -0.4 is 9.46 Å². The molecule has 0 aromatic carbocycles. The third kappa shape index (κ3) is 4.63. The first kappa shape index (κ1) is 23.0. The Morgan fingerprint density at radius 2 is 2.06 bits per heavy atom. The van der Waals surface area contributed by atoms with Crippen LogP contribution in [0, 0.1) is 5.41 Å². The van der Waals surface area contributed by atoms with Crippen LogP contribution in [-0.4, -0.2) is 71.3 Å². The van der Waals surface area contributed by atoms with E-state index in [-0.39, 0.29) is 19.0 Å². The fraction of sp³-hybridized carbons (Fsp3) is 0.263. The van der Waals surface area contributed by atoms with Crippen LogP contribution in [0.2, 0.25) is 0 Å². The molecule has 0 saturated heterocycles. The van der Waals surface area contributed by atoms with E-state index in [2.05, 4.69) is 36.6 Å². The van der Waals surface area contributed by atoms with Crippen molar-refractivity contribution in [1.82, 2.24) is 24.7 Å². The SMILES string of the molecule is C=NC(=N)[C@@H](OC)[C@H](C)S(=O)(=O)Nc1nnc(-c2cccc(OC)n2)n1-c1cccnc1.[HH]. The fourth-order valence-electron chi connectivity index (χ4n) is 2.90. The van der Waals surface area contributed by atoms with Gasteiger partial charge >= 0.3 is 0 Å². The molecule has 170 valence electrons. The molecule has 13 heteroatoms. The van der Waals surface area contributed by atoms with Crippen molar-refractivity contribution in [3.8, 4) is 23.1 Å². The molecule has 3 aromatic heterocycles. The molecule has 0 aliphatic rings. The lowest BCUT2D eigenvalue weighted by atomic mass is 10.2. The number of hydrogen-bond donors (Lipinski definition) is 2. The van der Waals surface area contributed by atoms with Crippen molar-refractivity contribution in [1.29, 1.82) is 5.41 Å². The van der Waals surface area contributed by atoms with E-state index < -0.39 is 21.4 Å². The summed E-state index contributed by atoms with van der Waals surface area (Å²) < 4.78 is 40.4. The standard InChI is InChI=1S/C19H22N8O4S.H2/c1-12(16(31-4)17(20)21-2)32(28,29)26-19-25-24-18(14-8-5-9-15(23-14)30-3)27(19)13-7-6-10-22-11-13;/h5-12,16,20H,2H2,1,3-4H3,(H,25,26);1H/t12-,16-;/m0./s1. The molecule has 0 unspecified atom stereocenters. The van der Waals surface area contributed by atoms with Crippen molar-refractivity contribution in [3.63, 3.8) is 0 Å². The summed E-state index contributed by atoms with van der Waals surface area (Å²) in [4.78, 5) is 11.9. The van der Waals surface area contributed by atoms with Crippen LogP contribution in [0.15, 0.2) is 47.7 Å². The summed E-state index contributed by atoms with van der Waals surface area (Å²) in [6.45, 7) is 4.66. The van der Waals surface area contributed by atoms with Gasteiger partial charge in [-0.25, -0.2) is 18.4 Å². The number of nitrogens with one attached hydrogen (secondary N) is 2. The molecule has 0 spiro atoms. The van der Waals surface area contributed by atoms with Crippen molar-refractivity contribution >= 4 is 28.5 Å². The van der Waals surface area contributed by atoms with Gasteiger partial charge in [0.2, 0.25) is 21.9 Å². The summed E-state index contributed by atoms with van der Waals surface area (Å²) in [6.07, 6.45) is 1.99. The zero-order chi connectivity index (χ0) is 23.3. The van der Waals surface area contributed by atoms with E-state index in [0.29, 0.717) is 17.3 Å². The van der Waals surface area contributed by atoms with Gasteiger partial charge < -0.3 is 9.47 Å². The summed E-state index contributed by atoms with van der Waals surface area (Å²) in [6, 6.07) is 8.51. The molecule has 2 N–H and O–H groups in total. The lowest BCUT2D eigenvalue weighted by Gasteiger charge is -2.22. The Hall–Kier alpha value is -3.71. The summed E-state index contributed by atoms with van der Waals surface area (Å²) in [7, 11) is -1.30. The zero-order valence-corrected chi connectivity index (χ0v) is 18.4. The molecule has 12 nitrogen and oxygen atoms in total. The number of methoxy groups -OCH3 is 2. The number of sulfonamides is 1. The van der Waals surface area contributed by atoms with Crippen LogP contribution in [0.25, 0.3) is 17.2 Å². The quantitative estimate of drug-likeness (QED) is 0.361. The maximum Gasteiger partial charge on any atom is 0.243 e. The topological polar surface area (TPSA) is 157 Å². The van der Waals surface area contributed by atoms with Gasteiger partial charge in [-0.2, -0.15) is 0 Å². The third-order valence-corrected chi connectivity index (χ3v) is 6.27. The van der Waals surface area contributed by atoms with Crippen molar-refractivity contribution in [3.05, 3.63) is 42.7 Å². The van der Waals surface area contributed by atoms with Crippen LogP contribution in [0.1, 0.15) is 8.35 Å². The highest BCUT2D eigenvalue weighted by molar-refractivity contribution is 7.93. The molecule has 0 amide bonds. The summed E-state index contributed by atoms with van der Waals surface area (Å²) in [5.41, 5.74) is 0.915. The molecule has 3 aromatic rings. The number of aliphatic imine (C=N–C) groups is 1. The molecule has 3 heterocycles. The number of amidine groups is 1. The Kier molecular flexibility index (Phi) is 6.90. The van der Waals surface area contributed by atoms with Crippen LogP contribution in [0.4, 0.5) is 5.95 Å². The zero-order valence-electron chi connectivity index (χ0n) is 17.6. The van der Waals surface area contributed by atoms with Gasteiger partial charge in [-0.05, 0) is 31.8 Å². The predicted octanol–water partition coefficient (Wildman–Crippen LogP) is 1.80. The molecular weight excluding hydrogens is 436 g/mol. The largest absolute Gasteiger partial charge is 0.481 e. The first-order chi connectivity index (χ1) is 15.3. The van der Waals surface area contributed by atoms with E-state index in [1.165, 1.54) is 31.9 Å². The minimum absolute atomic E-state index is 0. The predicted molar refractivity (Wildman–Crippen MR) is 121 cm³/mol. The lowest BCUT2D eigenvalue weighted by molar-refractivity contribution is 0.153. The number of aromatic nitrogens is 5. The van der Waals surface area contributed by atoms with Gasteiger partial charge in [0.1, 0.15) is 22.9 Å². The average molecular weight is 461 g/mol. The van der Waals surface area contributed by atoms with Gasteiger partial charge in [0.25, 0.3) is 0 Å². The van der Waals surface area contributed by atoms with E-state index >= 15 is 0 Å². The molecule has 0 fully saturated rings. The van der Waals surface area contributed by atoms with Gasteiger partial charge in [0.05, 0.1) is 19.0 Å². The fourth-order valence-corrected chi connectivity index (χ4v) is 4.04. The van der Waals surface area contributed by atoms with Gasteiger partial charge in [-0.15, -0.1) is 10.2 Å². The van der Waals surface area contributed by atoms with Gasteiger partial charge in [0, 0.05) is 20.8 Å². The Balaban J connectivity index is 0.00000385. The minimum atomic E-state index is -4.08. The average Bonchev–Trinajstić information content (AvgIpc) is 3.22. The van der Waals surface area contributed by atoms with E-state index in [1.54, 1.807) is 36.5 Å². The summed E-state index contributed by atoms with van der Waals surface area (Å²) in [5, 5.41) is 14.8. The van der Waals surface area contributed by atoms with Crippen LogP contribution in [-0.2, 0) is 14.8 Å². The smallest absolute Gasteiger partial charge is 0.243 e. The van der Waals surface area contributed by atoms with Crippen molar-refractivity contribution in [2.24, 2.45) is 4.99 Å². The number of pyridine rings is 2. The minimum Gasteiger partial charge on any atom is -0.481 e. The van der Waals surface area contributed by atoms with Crippen molar-refractivity contribution < 1.29 is 19.3 Å². The highest BCUT2D eigenvalue weighted by Crippen LogP contribution is 2.26. The first-order valence-electron chi connectivity index (χ1n) is 9.29. The molecule has 0 radical (unpaired) electrons. The monoisotopic (exact) mass is 460 g/mol. The van der Waals surface area contributed by atoms with Crippen LogP contribution >= 0.6 is 0 Å². The number of nitrogens with zero attached hydrogens (tertiary/aromatic N) is 6. The maximum absolute atomic E-state index is 13.1. The molecule has 0 saturated carbocycles. The second-order valence-electron chi connectivity index (χ2n) is 6.51. The lowest BCUT2D eigenvalue weighted by Crippen LogP contribution is -2.41. The van der Waals surface area contributed by atoms with Crippen molar-refractivity contribution in [2.75, 3.05) is 18.9 Å². The van der Waals surface area contributed by atoms with Crippen molar-refractivity contribution in [2.45, 2.75) is 18.3 Å². The van der Waals surface area contributed by atoms with E-state index in [1.807, 2.05) is 0 Å². The van der Waals surface area contributed by atoms with E-state index in [4.69, 9.17) is 14.9 Å². The first-order valence-corrected chi connectivity index (χ1v) is 10.8. The summed E-state index contributed by atoms with van der Waals surface area (Å²) >= 11 is 0. The molecule has 2 atom stereocenters. The maximum atomic E-state index is 13.1. The third-order valence-electron chi connectivity index (χ3n) is 4.57.